The van der Waals surface area contributed by atoms with Gasteiger partial charge in [0.2, 0.25) is 0 Å². The number of rotatable bonds is 3. The second kappa shape index (κ2) is 4.67. The molecule has 0 amide bonds. The van der Waals surface area contributed by atoms with Gasteiger partial charge >= 0.3 is 0 Å². The summed E-state index contributed by atoms with van der Waals surface area (Å²) in [6.45, 7) is 4.45. The van der Waals surface area contributed by atoms with Crippen LogP contribution in [0, 0.1) is 5.92 Å². The van der Waals surface area contributed by atoms with Crippen LogP contribution in [0.3, 0.4) is 0 Å². The first kappa shape index (κ1) is 11.8. The molecular formula is C13H24OS. The van der Waals surface area contributed by atoms with Crippen LogP contribution >= 0.6 is 11.8 Å². The van der Waals surface area contributed by atoms with Crippen LogP contribution in [0.1, 0.15) is 58.8 Å². The Kier molecular flexibility index (Phi) is 3.67. The van der Waals surface area contributed by atoms with Crippen LogP contribution in [0.25, 0.3) is 0 Å². The van der Waals surface area contributed by atoms with E-state index in [2.05, 4.69) is 25.6 Å². The molecule has 2 rings (SSSR count). The average molecular weight is 228 g/mol. The van der Waals surface area contributed by atoms with Crippen molar-refractivity contribution in [1.29, 1.82) is 0 Å². The van der Waals surface area contributed by atoms with E-state index in [1.165, 1.54) is 19.3 Å². The van der Waals surface area contributed by atoms with Crippen LogP contribution in [0.5, 0.6) is 0 Å². The molecule has 2 fully saturated rings. The summed E-state index contributed by atoms with van der Waals surface area (Å²) in [6.07, 6.45) is 8.45. The quantitative estimate of drug-likeness (QED) is 0.796. The number of aliphatic hydroxyl groups is 1. The fraction of sp³-hybridized carbons (Fsp3) is 1.00. The highest BCUT2D eigenvalue weighted by molar-refractivity contribution is 8.00. The molecule has 0 saturated carbocycles. The summed E-state index contributed by atoms with van der Waals surface area (Å²) < 4.78 is 0. The second-order valence-electron chi connectivity index (χ2n) is 5.34. The minimum Gasteiger partial charge on any atom is -0.390 e. The van der Waals surface area contributed by atoms with Gasteiger partial charge in [-0.2, -0.15) is 11.8 Å². The highest BCUT2D eigenvalue weighted by atomic mass is 32.2. The molecule has 1 N–H and O–H groups in total. The third kappa shape index (κ3) is 2.36. The lowest BCUT2D eigenvalue weighted by Crippen LogP contribution is -2.47. The molecule has 2 heterocycles. The van der Waals surface area contributed by atoms with Gasteiger partial charge < -0.3 is 5.11 Å². The second-order valence-corrected chi connectivity index (χ2v) is 6.94. The van der Waals surface area contributed by atoms with E-state index in [0.717, 1.165) is 36.2 Å². The molecule has 2 aliphatic rings. The topological polar surface area (TPSA) is 20.2 Å². The first-order chi connectivity index (χ1) is 7.18. The van der Waals surface area contributed by atoms with Crippen molar-refractivity contribution < 1.29 is 5.11 Å². The molecule has 15 heavy (non-hydrogen) atoms. The fourth-order valence-electron chi connectivity index (χ4n) is 3.54. The first-order valence-electron chi connectivity index (χ1n) is 6.55. The maximum Gasteiger partial charge on any atom is 0.0696 e. The van der Waals surface area contributed by atoms with Crippen molar-refractivity contribution in [2.45, 2.75) is 74.9 Å². The Morgan fingerprint density at radius 3 is 2.20 bits per heavy atom. The molecule has 0 spiro atoms. The van der Waals surface area contributed by atoms with Crippen LogP contribution in [0.4, 0.5) is 0 Å². The highest BCUT2D eigenvalue weighted by Gasteiger charge is 2.44. The summed E-state index contributed by atoms with van der Waals surface area (Å²) in [7, 11) is 0. The van der Waals surface area contributed by atoms with Crippen LogP contribution in [-0.2, 0) is 0 Å². The highest BCUT2D eigenvalue weighted by Crippen LogP contribution is 2.49. The molecule has 2 unspecified atom stereocenters. The van der Waals surface area contributed by atoms with Crippen LogP contribution in [0.2, 0.25) is 0 Å². The van der Waals surface area contributed by atoms with E-state index in [4.69, 9.17) is 0 Å². The molecule has 0 radical (unpaired) electrons. The molecule has 0 aromatic heterocycles. The van der Waals surface area contributed by atoms with Crippen molar-refractivity contribution in [3.05, 3.63) is 0 Å². The van der Waals surface area contributed by atoms with E-state index in [1.54, 1.807) is 0 Å². The number of hydrogen-bond acceptors (Lipinski definition) is 2. The average Bonchev–Trinajstić information content (AvgIpc) is 2.18. The number of thioether (sulfide) groups is 1. The molecule has 2 saturated heterocycles. The minimum absolute atomic E-state index is 0.329. The van der Waals surface area contributed by atoms with Crippen molar-refractivity contribution in [1.82, 2.24) is 0 Å². The largest absolute Gasteiger partial charge is 0.390 e. The molecule has 88 valence electrons. The van der Waals surface area contributed by atoms with Gasteiger partial charge in [0.1, 0.15) is 0 Å². The molecule has 0 aromatic carbocycles. The minimum atomic E-state index is -0.329. The summed E-state index contributed by atoms with van der Waals surface area (Å²) in [4.78, 5) is 0. The van der Waals surface area contributed by atoms with E-state index in [1.807, 2.05) is 0 Å². The Hall–Kier alpha value is 0.310. The lowest BCUT2D eigenvalue weighted by molar-refractivity contribution is -0.0445. The van der Waals surface area contributed by atoms with Gasteiger partial charge in [-0.25, -0.2) is 0 Å². The Morgan fingerprint density at radius 1 is 1.20 bits per heavy atom. The fourth-order valence-corrected chi connectivity index (χ4v) is 5.46. The van der Waals surface area contributed by atoms with Gasteiger partial charge in [-0.3, -0.25) is 0 Å². The van der Waals surface area contributed by atoms with Gasteiger partial charge in [0.25, 0.3) is 0 Å². The van der Waals surface area contributed by atoms with E-state index < -0.39 is 0 Å². The van der Waals surface area contributed by atoms with Gasteiger partial charge in [0.15, 0.2) is 0 Å². The molecule has 1 nitrogen and oxygen atoms in total. The molecule has 2 aliphatic heterocycles. The van der Waals surface area contributed by atoms with Crippen molar-refractivity contribution in [3.63, 3.8) is 0 Å². The monoisotopic (exact) mass is 228 g/mol. The van der Waals surface area contributed by atoms with Gasteiger partial charge in [-0.1, -0.05) is 33.1 Å². The number of hydrogen-bond donors (Lipinski definition) is 1. The lowest BCUT2D eigenvalue weighted by Gasteiger charge is -2.47. The third-order valence-electron chi connectivity index (χ3n) is 4.34. The summed E-state index contributed by atoms with van der Waals surface area (Å²) in [5.41, 5.74) is -0.329. The van der Waals surface area contributed by atoms with Gasteiger partial charge in [0.05, 0.1) is 5.60 Å². The zero-order valence-electron chi connectivity index (χ0n) is 10.0. The molecule has 2 atom stereocenters. The Labute approximate surface area is 98.0 Å². The normalized spacial score (nSPS) is 40.8. The van der Waals surface area contributed by atoms with Gasteiger partial charge in [0, 0.05) is 10.5 Å². The lowest BCUT2D eigenvalue weighted by atomic mass is 9.74. The zero-order chi connectivity index (χ0) is 10.9. The van der Waals surface area contributed by atoms with Crippen molar-refractivity contribution in [2.24, 2.45) is 5.92 Å². The van der Waals surface area contributed by atoms with Crippen LogP contribution in [0.15, 0.2) is 0 Å². The van der Waals surface area contributed by atoms with Gasteiger partial charge in [-0.05, 0) is 31.6 Å². The van der Waals surface area contributed by atoms with Crippen molar-refractivity contribution >= 4 is 11.8 Å². The van der Waals surface area contributed by atoms with E-state index in [9.17, 15) is 5.11 Å². The third-order valence-corrected chi connectivity index (χ3v) is 5.92. The SMILES string of the molecule is CCC(CC)C1(O)CC2CCCC(C1)S2. The Balaban J connectivity index is 2.07. The predicted molar refractivity (Wildman–Crippen MR) is 67.3 cm³/mol. The molecule has 2 bridgehead atoms. The maximum absolute atomic E-state index is 10.8. The summed E-state index contributed by atoms with van der Waals surface area (Å²) in [6, 6.07) is 0. The summed E-state index contributed by atoms with van der Waals surface area (Å²) in [5.74, 6) is 0.529. The standard InChI is InChI=1S/C13H24OS/c1-3-10(4-2)13(14)8-11-6-5-7-12(9-13)15-11/h10-12,14H,3-9H2,1-2H3. The summed E-state index contributed by atoms with van der Waals surface area (Å²) >= 11 is 2.15. The molecule has 0 aromatic rings. The Morgan fingerprint density at radius 2 is 1.73 bits per heavy atom. The summed E-state index contributed by atoms with van der Waals surface area (Å²) in [5, 5.41) is 12.3. The molecule has 0 aliphatic carbocycles. The van der Waals surface area contributed by atoms with Gasteiger partial charge in [-0.15, -0.1) is 0 Å². The maximum atomic E-state index is 10.8. The van der Waals surface area contributed by atoms with E-state index >= 15 is 0 Å². The van der Waals surface area contributed by atoms with Crippen LogP contribution < -0.4 is 0 Å². The van der Waals surface area contributed by atoms with Crippen molar-refractivity contribution in [3.8, 4) is 0 Å². The zero-order valence-corrected chi connectivity index (χ0v) is 10.9. The molecular weight excluding hydrogens is 204 g/mol. The van der Waals surface area contributed by atoms with E-state index in [0.29, 0.717) is 5.92 Å². The van der Waals surface area contributed by atoms with E-state index in [-0.39, 0.29) is 5.60 Å². The predicted octanol–water partition coefficient (Wildman–Crippen LogP) is 3.60. The van der Waals surface area contributed by atoms with Crippen molar-refractivity contribution in [2.75, 3.05) is 0 Å². The molecule has 2 heteroatoms. The smallest absolute Gasteiger partial charge is 0.0696 e. The number of fused-ring (bicyclic) bond motifs is 2. The first-order valence-corrected chi connectivity index (χ1v) is 7.50. The Bertz CT molecular complexity index is 201. The van der Waals surface area contributed by atoms with Crippen LogP contribution in [-0.4, -0.2) is 21.2 Å².